The van der Waals surface area contributed by atoms with Gasteiger partial charge in [-0.15, -0.1) is 0 Å². The lowest BCUT2D eigenvalue weighted by molar-refractivity contribution is 0.0342. The number of carbonyl (C=O) groups is 2. The van der Waals surface area contributed by atoms with Crippen LogP contribution < -0.4 is 16.1 Å². The second kappa shape index (κ2) is 12.6. The fourth-order valence-electron chi connectivity index (χ4n) is 3.71. The first-order valence-electron chi connectivity index (χ1n) is 11.9. The molecule has 3 amide bonds. The number of aromatic nitrogens is 2. The highest BCUT2D eigenvalue weighted by molar-refractivity contribution is 5.94. The van der Waals surface area contributed by atoms with E-state index in [-0.39, 0.29) is 11.6 Å². The van der Waals surface area contributed by atoms with Crippen LogP contribution in [-0.2, 0) is 11.3 Å². The maximum Gasteiger partial charge on any atom is 0.321 e. The summed E-state index contributed by atoms with van der Waals surface area (Å²) in [5.74, 6) is 5.45. The van der Waals surface area contributed by atoms with Crippen LogP contribution in [0.15, 0.2) is 54.6 Å². The van der Waals surface area contributed by atoms with Crippen LogP contribution in [0.1, 0.15) is 34.1 Å². The van der Waals surface area contributed by atoms with Gasteiger partial charge in [0, 0.05) is 42.9 Å². The first-order valence-corrected chi connectivity index (χ1v) is 11.9. The van der Waals surface area contributed by atoms with E-state index in [1.54, 1.807) is 12.4 Å². The smallest absolute Gasteiger partial charge is 0.321 e. The second-order valence-corrected chi connectivity index (χ2v) is 8.30. The molecule has 0 aliphatic carbocycles. The summed E-state index contributed by atoms with van der Waals surface area (Å²) < 4.78 is 5.40. The van der Waals surface area contributed by atoms with Crippen LogP contribution in [-0.4, -0.2) is 64.9 Å². The van der Waals surface area contributed by atoms with Gasteiger partial charge in [-0.25, -0.2) is 20.2 Å². The molecule has 1 fully saturated rings. The Balaban J connectivity index is 1.47. The molecule has 1 saturated heterocycles. The highest BCUT2D eigenvalue weighted by Gasteiger charge is 2.14. The number of rotatable bonds is 6. The number of urea groups is 1. The van der Waals surface area contributed by atoms with E-state index in [0.717, 1.165) is 44.0 Å². The molecule has 4 N–H and O–H groups in total. The number of morpholine rings is 1. The van der Waals surface area contributed by atoms with Crippen molar-refractivity contribution in [2.75, 3.05) is 38.2 Å². The number of amides is 3. The normalized spacial score (nSPS) is 13.2. The van der Waals surface area contributed by atoms with Gasteiger partial charge < -0.3 is 10.1 Å². The van der Waals surface area contributed by atoms with Crippen molar-refractivity contribution in [1.29, 1.82) is 0 Å². The van der Waals surface area contributed by atoms with Crippen LogP contribution in [0.5, 0.6) is 0 Å². The summed E-state index contributed by atoms with van der Waals surface area (Å²) in [6.07, 6.45) is 0. The number of hydrogen-bond acceptors (Lipinski definition) is 7. The zero-order valence-corrected chi connectivity index (χ0v) is 20.5. The van der Waals surface area contributed by atoms with E-state index in [1.165, 1.54) is 11.6 Å². The summed E-state index contributed by atoms with van der Waals surface area (Å²) in [4.78, 5) is 34.5. The SMILES string of the molecule is CCNC(=O)Nc1nc(C(=O)NO)cc(-c2ccc(C#Cc3ccc(CN4CCOCC4)cc3)cc2)n1. The van der Waals surface area contributed by atoms with Crippen LogP contribution in [0, 0.1) is 11.8 Å². The number of anilines is 1. The molecule has 1 aliphatic rings. The predicted octanol–water partition coefficient (Wildman–Crippen LogP) is 2.64. The Kier molecular flexibility index (Phi) is 8.78. The van der Waals surface area contributed by atoms with E-state index >= 15 is 0 Å². The standard InChI is InChI=1S/C27H28N6O4/c1-2-28-27(35)31-26-29-23(17-24(30-26)25(34)32-36)22-11-9-20(10-12-22)4-3-19-5-7-21(8-6-19)18-33-13-15-37-16-14-33/h5-12,17,36H,2,13-16,18H2,1H3,(H,32,34)(H2,28,29,30,31,35). The molecule has 0 radical (unpaired) electrons. The maximum atomic E-state index is 12.0. The van der Waals surface area contributed by atoms with Gasteiger partial charge in [0.15, 0.2) is 0 Å². The Morgan fingerprint density at radius 3 is 2.27 bits per heavy atom. The molecule has 0 saturated carbocycles. The number of hydroxylamine groups is 1. The van der Waals surface area contributed by atoms with Gasteiger partial charge in [-0.3, -0.25) is 20.2 Å². The number of hydrogen-bond donors (Lipinski definition) is 4. The molecule has 37 heavy (non-hydrogen) atoms. The minimum absolute atomic E-state index is 0.0667. The second-order valence-electron chi connectivity index (χ2n) is 8.30. The van der Waals surface area contributed by atoms with E-state index in [1.807, 2.05) is 36.4 Å². The van der Waals surface area contributed by atoms with Gasteiger partial charge in [0.25, 0.3) is 5.91 Å². The fraction of sp³-hybridized carbons (Fsp3) is 0.259. The zero-order chi connectivity index (χ0) is 26.0. The van der Waals surface area contributed by atoms with Crippen molar-refractivity contribution < 1.29 is 19.5 Å². The summed E-state index contributed by atoms with van der Waals surface area (Å²) in [5.41, 5.74) is 5.51. The number of benzene rings is 2. The molecular formula is C27H28N6O4. The molecule has 2 aromatic carbocycles. The van der Waals surface area contributed by atoms with Gasteiger partial charge in [-0.1, -0.05) is 36.1 Å². The summed E-state index contributed by atoms with van der Waals surface area (Å²) in [5, 5.41) is 14.1. The lowest BCUT2D eigenvalue weighted by Crippen LogP contribution is -2.35. The third kappa shape index (κ3) is 7.35. The minimum Gasteiger partial charge on any atom is -0.379 e. The monoisotopic (exact) mass is 500 g/mol. The largest absolute Gasteiger partial charge is 0.379 e. The van der Waals surface area contributed by atoms with Gasteiger partial charge in [0.1, 0.15) is 5.69 Å². The van der Waals surface area contributed by atoms with Crippen molar-refractivity contribution in [2.45, 2.75) is 13.5 Å². The maximum absolute atomic E-state index is 12.0. The van der Waals surface area contributed by atoms with Crippen LogP contribution in [0.3, 0.4) is 0 Å². The zero-order valence-electron chi connectivity index (χ0n) is 20.5. The molecule has 2 heterocycles. The van der Waals surface area contributed by atoms with Crippen LogP contribution in [0.4, 0.5) is 10.7 Å². The topological polar surface area (TPSA) is 129 Å². The lowest BCUT2D eigenvalue weighted by Gasteiger charge is -2.26. The summed E-state index contributed by atoms with van der Waals surface area (Å²) in [7, 11) is 0. The van der Waals surface area contributed by atoms with E-state index in [4.69, 9.17) is 9.94 Å². The van der Waals surface area contributed by atoms with Crippen molar-refractivity contribution in [2.24, 2.45) is 0 Å². The van der Waals surface area contributed by atoms with Gasteiger partial charge in [-0.2, -0.15) is 0 Å². The summed E-state index contributed by atoms with van der Waals surface area (Å²) in [6.45, 7) is 6.57. The van der Waals surface area contributed by atoms with Gasteiger partial charge in [-0.05, 0) is 42.8 Å². The van der Waals surface area contributed by atoms with E-state index in [2.05, 4.69) is 49.5 Å². The molecule has 0 spiro atoms. The van der Waals surface area contributed by atoms with E-state index < -0.39 is 11.9 Å². The third-order valence-electron chi connectivity index (χ3n) is 5.62. The van der Waals surface area contributed by atoms with E-state index in [9.17, 15) is 9.59 Å². The van der Waals surface area contributed by atoms with Crippen molar-refractivity contribution in [1.82, 2.24) is 25.7 Å². The van der Waals surface area contributed by atoms with Crippen molar-refractivity contribution in [3.8, 4) is 23.1 Å². The molecule has 10 heteroatoms. The first-order chi connectivity index (χ1) is 18.0. The predicted molar refractivity (Wildman–Crippen MR) is 138 cm³/mol. The molecule has 1 aliphatic heterocycles. The lowest BCUT2D eigenvalue weighted by atomic mass is 10.1. The Bertz CT molecular complexity index is 1290. The van der Waals surface area contributed by atoms with Crippen LogP contribution in [0.25, 0.3) is 11.3 Å². The number of ether oxygens (including phenoxy) is 1. The number of nitrogens with zero attached hydrogens (tertiary/aromatic N) is 3. The fourth-order valence-corrected chi connectivity index (χ4v) is 3.71. The summed E-state index contributed by atoms with van der Waals surface area (Å²) >= 11 is 0. The Labute approximate surface area is 215 Å². The first kappa shape index (κ1) is 25.8. The molecule has 0 bridgehead atoms. The van der Waals surface area contributed by atoms with Gasteiger partial charge in [0.2, 0.25) is 5.95 Å². The van der Waals surface area contributed by atoms with Crippen molar-refractivity contribution >= 4 is 17.9 Å². The number of nitrogens with one attached hydrogen (secondary N) is 3. The van der Waals surface area contributed by atoms with Gasteiger partial charge >= 0.3 is 6.03 Å². The summed E-state index contributed by atoms with van der Waals surface area (Å²) in [6, 6.07) is 16.5. The quantitative estimate of drug-likeness (QED) is 0.233. The Hall–Kier alpha value is -4.30. The Morgan fingerprint density at radius 1 is 1.00 bits per heavy atom. The molecule has 0 atom stereocenters. The molecule has 10 nitrogen and oxygen atoms in total. The molecule has 3 aromatic rings. The average Bonchev–Trinajstić information content (AvgIpc) is 2.93. The van der Waals surface area contributed by atoms with Crippen molar-refractivity contribution in [3.05, 3.63) is 77.0 Å². The third-order valence-corrected chi connectivity index (χ3v) is 5.62. The van der Waals surface area contributed by atoms with Crippen molar-refractivity contribution in [3.63, 3.8) is 0 Å². The van der Waals surface area contributed by atoms with Gasteiger partial charge in [0.05, 0.1) is 18.9 Å². The molecule has 4 rings (SSSR count). The van der Waals surface area contributed by atoms with Crippen LogP contribution in [0.2, 0.25) is 0 Å². The molecule has 0 unspecified atom stereocenters. The minimum atomic E-state index is -0.818. The van der Waals surface area contributed by atoms with Crippen LogP contribution >= 0.6 is 0 Å². The number of carbonyl (C=O) groups excluding carboxylic acids is 2. The highest BCUT2D eigenvalue weighted by atomic mass is 16.5. The average molecular weight is 501 g/mol. The highest BCUT2D eigenvalue weighted by Crippen LogP contribution is 2.20. The molecular weight excluding hydrogens is 472 g/mol. The van der Waals surface area contributed by atoms with E-state index in [0.29, 0.717) is 17.8 Å². The Morgan fingerprint density at radius 2 is 1.65 bits per heavy atom. The molecule has 1 aromatic heterocycles. The molecule has 190 valence electrons.